The average molecular weight is 222 g/mol. The Labute approximate surface area is 95.4 Å². The van der Waals surface area contributed by atoms with Crippen molar-refractivity contribution in [3.63, 3.8) is 0 Å². The standard InChI is InChI=1S/C12H18N2O2/c1-2-16-12(15)8-14-7-6-9-10(13)4-3-5-11(9)14/h6-7,10H,2-5,8,13H2,1H3. The number of carbonyl (C=O) groups excluding carboxylic acids is 1. The Kier molecular flexibility index (Phi) is 3.29. The first-order valence-electron chi connectivity index (χ1n) is 5.81. The number of nitrogens with two attached hydrogens (primary N) is 1. The van der Waals surface area contributed by atoms with E-state index in [9.17, 15) is 4.79 Å². The number of nitrogens with zero attached hydrogens (tertiary/aromatic N) is 1. The largest absolute Gasteiger partial charge is 0.465 e. The Morgan fingerprint density at radius 3 is 3.25 bits per heavy atom. The molecule has 1 aromatic heterocycles. The topological polar surface area (TPSA) is 57.2 Å². The van der Waals surface area contributed by atoms with Crippen LogP contribution in [-0.2, 0) is 22.5 Å². The van der Waals surface area contributed by atoms with E-state index in [0.29, 0.717) is 13.2 Å². The van der Waals surface area contributed by atoms with E-state index in [0.717, 1.165) is 19.3 Å². The second-order valence-corrected chi connectivity index (χ2v) is 4.15. The van der Waals surface area contributed by atoms with Crippen molar-refractivity contribution in [3.05, 3.63) is 23.5 Å². The molecule has 16 heavy (non-hydrogen) atoms. The van der Waals surface area contributed by atoms with Crippen molar-refractivity contribution in [2.75, 3.05) is 6.61 Å². The lowest BCUT2D eigenvalue weighted by atomic mass is 9.94. The van der Waals surface area contributed by atoms with Crippen molar-refractivity contribution in [2.45, 2.75) is 38.8 Å². The molecule has 0 bridgehead atoms. The maximum absolute atomic E-state index is 11.4. The van der Waals surface area contributed by atoms with Crippen molar-refractivity contribution in [2.24, 2.45) is 5.73 Å². The van der Waals surface area contributed by atoms with Crippen LogP contribution in [0.25, 0.3) is 0 Å². The molecule has 1 heterocycles. The highest BCUT2D eigenvalue weighted by molar-refractivity contribution is 5.69. The number of fused-ring (bicyclic) bond motifs is 1. The Bertz CT molecular complexity index is 384. The van der Waals surface area contributed by atoms with Gasteiger partial charge in [-0.05, 0) is 37.8 Å². The van der Waals surface area contributed by atoms with Crippen molar-refractivity contribution in [3.8, 4) is 0 Å². The number of hydrogen-bond donors (Lipinski definition) is 1. The second-order valence-electron chi connectivity index (χ2n) is 4.15. The number of aromatic nitrogens is 1. The predicted molar refractivity (Wildman–Crippen MR) is 60.9 cm³/mol. The fourth-order valence-corrected chi connectivity index (χ4v) is 2.29. The molecule has 4 heteroatoms. The smallest absolute Gasteiger partial charge is 0.325 e. The number of esters is 1. The van der Waals surface area contributed by atoms with Gasteiger partial charge in [0, 0.05) is 17.9 Å². The Morgan fingerprint density at radius 1 is 1.69 bits per heavy atom. The Morgan fingerprint density at radius 2 is 2.50 bits per heavy atom. The quantitative estimate of drug-likeness (QED) is 0.786. The third-order valence-electron chi connectivity index (χ3n) is 3.05. The summed E-state index contributed by atoms with van der Waals surface area (Å²) >= 11 is 0. The van der Waals surface area contributed by atoms with Gasteiger partial charge in [0.15, 0.2) is 0 Å². The lowest BCUT2D eigenvalue weighted by molar-refractivity contribution is -0.143. The molecule has 0 saturated heterocycles. The number of ether oxygens (including phenoxy) is 1. The molecule has 1 aliphatic rings. The fourth-order valence-electron chi connectivity index (χ4n) is 2.29. The van der Waals surface area contributed by atoms with Crippen LogP contribution in [0.3, 0.4) is 0 Å². The summed E-state index contributed by atoms with van der Waals surface area (Å²) in [7, 11) is 0. The van der Waals surface area contributed by atoms with Crippen LogP contribution in [0.1, 0.15) is 37.1 Å². The summed E-state index contributed by atoms with van der Waals surface area (Å²) in [5.74, 6) is -0.181. The van der Waals surface area contributed by atoms with E-state index in [1.165, 1.54) is 11.3 Å². The minimum absolute atomic E-state index is 0.132. The third-order valence-corrected chi connectivity index (χ3v) is 3.05. The molecule has 0 spiro atoms. The first-order chi connectivity index (χ1) is 7.72. The molecule has 0 fully saturated rings. The molecule has 2 rings (SSSR count). The summed E-state index contributed by atoms with van der Waals surface area (Å²) in [5, 5.41) is 0. The summed E-state index contributed by atoms with van der Waals surface area (Å²) in [5.41, 5.74) is 8.41. The molecule has 1 atom stereocenters. The van der Waals surface area contributed by atoms with E-state index >= 15 is 0 Å². The molecule has 1 aliphatic carbocycles. The van der Waals surface area contributed by atoms with Crippen LogP contribution in [0.2, 0.25) is 0 Å². The molecule has 0 radical (unpaired) electrons. The molecule has 4 nitrogen and oxygen atoms in total. The highest BCUT2D eigenvalue weighted by atomic mass is 16.5. The van der Waals surface area contributed by atoms with Gasteiger partial charge in [-0.3, -0.25) is 4.79 Å². The zero-order chi connectivity index (χ0) is 11.5. The van der Waals surface area contributed by atoms with E-state index in [1.807, 2.05) is 23.8 Å². The first-order valence-corrected chi connectivity index (χ1v) is 5.81. The van der Waals surface area contributed by atoms with Gasteiger partial charge in [-0.2, -0.15) is 0 Å². The molecule has 1 unspecified atom stereocenters. The summed E-state index contributed by atoms with van der Waals surface area (Å²) in [6.07, 6.45) is 5.08. The predicted octanol–water partition coefficient (Wildman–Crippen LogP) is 1.39. The Hall–Kier alpha value is -1.29. The maximum atomic E-state index is 11.4. The number of rotatable bonds is 3. The summed E-state index contributed by atoms with van der Waals surface area (Å²) < 4.78 is 6.91. The summed E-state index contributed by atoms with van der Waals surface area (Å²) in [6.45, 7) is 2.55. The van der Waals surface area contributed by atoms with Crippen molar-refractivity contribution < 1.29 is 9.53 Å². The normalized spacial score (nSPS) is 19.2. The van der Waals surface area contributed by atoms with Gasteiger partial charge in [0.25, 0.3) is 0 Å². The number of hydrogen-bond acceptors (Lipinski definition) is 3. The van der Waals surface area contributed by atoms with Crippen LogP contribution in [0.4, 0.5) is 0 Å². The van der Waals surface area contributed by atoms with Gasteiger partial charge in [0.2, 0.25) is 0 Å². The zero-order valence-electron chi connectivity index (χ0n) is 9.61. The van der Waals surface area contributed by atoms with E-state index < -0.39 is 0 Å². The average Bonchev–Trinajstić information content (AvgIpc) is 2.64. The van der Waals surface area contributed by atoms with Crippen molar-refractivity contribution >= 4 is 5.97 Å². The molecule has 0 aliphatic heterocycles. The molecule has 0 amide bonds. The summed E-state index contributed by atoms with van der Waals surface area (Å²) in [6, 6.07) is 2.16. The van der Waals surface area contributed by atoms with Gasteiger partial charge in [-0.1, -0.05) is 0 Å². The van der Waals surface area contributed by atoms with Gasteiger partial charge in [0.1, 0.15) is 6.54 Å². The highest BCUT2D eigenvalue weighted by Crippen LogP contribution is 2.28. The third kappa shape index (κ3) is 2.11. The Balaban J connectivity index is 2.14. The molecule has 0 aromatic carbocycles. The summed E-state index contributed by atoms with van der Waals surface area (Å²) in [4.78, 5) is 11.4. The van der Waals surface area contributed by atoms with Gasteiger partial charge in [0.05, 0.1) is 6.61 Å². The monoisotopic (exact) mass is 222 g/mol. The number of carbonyl (C=O) groups is 1. The zero-order valence-corrected chi connectivity index (χ0v) is 9.61. The van der Waals surface area contributed by atoms with Gasteiger partial charge >= 0.3 is 5.97 Å². The minimum atomic E-state index is -0.181. The van der Waals surface area contributed by atoms with E-state index in [2.05, 4.69) is 0 Å². The lowest BCUT2D eigenvalue weighted by Gasteiger charge is -2.20. The van der Waals surface area contributed by atoms with Crippen LogP contribution in [-0.4, -0.2) is 17.1 Å². The van der Waals surface area contributed by atoms with Crippen molar-refractivity contribution in [1.82, 2.24) is 4.57 Å². The van der Waals surface area contributed by atoms with Crippen LogP contribution in [0.5, 0.6) is 0 Å². The highest BCUT2D eigenvalue weighted by Gasteiger charge is 2.20. The maximum Gasteiger partial charge on any atom is 0.325 e. The molecule has 0 saturated carbocycles. The van der Waals surface area contributed by atoms with Crippen LogP contribution < -0.4 is 5.73 Å². The molecule has 1 aromatic rings. The molecule has 88 valence electrons. The van der Waals surface area contributed by atoms with Crippen LogP contribution >= 0.6 is 0 Å². The lowest BCUT2D eigenvalue weighted by Crippen LogP contribution is -2.20. The van der Waals surface area contributed by atoms with E-state index in [1.54, 1.807) is 0 Å². The van der Waals surface area contributed by atoms with E-state index in [-0.39, 0.29) is 12.0 Å². The minimum Gasteiger partial charge on any atom is -0.465 e. The first kappa shape index (κ1) is 11.2. The van der Waals surface area contributed by atoms with Gasteiger partial charge in [-0.15, -0.1) is 0 Å². The van der Waals surface area contributed by atoms with Crippen molar-refractivity contribution in [1.29, 1.82) is 0 Å². The van der Waals surface area contributed by atoms with E-state index in [4.69, 9.17) is 10.5 Å². The molecular weight excluding hydrogens is 204 g/mol. The fraction of sp³-hybridized carbons (Fsp3) is 0.583. The van der Waals surface area contributed by atoms with Gasteiger partial charge < -0.3 is 15.0 Å². The van der Waals surface area contributed by atoms with Crippen LogP contribution in [0, 0.1) is 0 Å². The second kappa shape index (κ2) is 4.70. The van der Waals surface area contributed by atoms with Crippen LogP contribution in [0.15, 0.2) is 12.3 Å². The molecular formula is C12H18N2O2. The molecule has 2 N–H and O–H groups in total. The SMILES string of the molecule is CCOC(=O)Cn1ccc2c1CCCC2N. The van der Waals surface area contributed by atoms with Gasteiger partial charge in [-0.25, -0.2) is 0 Å².